The largest absolute Gasteiger partial charge is 0.325 e. The SMILES string of the molecule is CSc1ccc(S(=O)(=O)N[C@H](C)c2cc(C)ccc2C)cc1NC(=O)C(C)C. The lowest BCUT2D eigenvalue weighted by atomic mass is 10.0. The Morgan fingerprint density at radius 1 is 1.04 bits per heavy atom. The van der Waals surface area contributed by atoms with Crippen molar-refractivity contribution >= 4 is 33.4 Å². The van der Waals surface area contributed by atoms with Crippen LogP contribution in [0.4, 0.5) is 5.69 Å². The highest BCUT2D eigenvalue weighted by atomic mass is 32.2. The standard InChI is InChI=1S/C21H28N2O3S2/c1-13(2)21(24)22-19-12-17(9-10-20(19)27-6)28(25,26)23-16(5)18-11-14(3)7-8-15(18)4/h7-13,16,23H,1-6H3,(H,22,24)/t16-/m1/s1. The second-order valence-electron chi connectivity index (χ2n) is 7.21. The van der Waals surface area contributed by atoms with E-state index in [0.717, 1.165) is 21.6 Å². The summed E-state index contributed by atoms with van der Waals surface area (Å²) in [5, 5.41) is 2.82. The zero-order valence-corrected chi connectivity index (χ0v) is 18.8. The van der Waals surface area contributed by atoms with Crippen LogP contribution in [0.1, 0.15) is 43.5 Å². The van der Waals surface area contributed by atoms with E-state index in [1.54, 1.807) is 26.0 Å². The quantitative estimate of drug-likeness (QED) is 0.639. The van der Waals surface area contributed by atoms with Gasteiger partial charge in [0, 0.05) is 16.9 Å². The van der Waals surface area contributed by atoms with Crippen LogP contribution in [-0.4, -0.2) is 20.6 Å². The zero-order chi connectivity index (χ0) is 21.1. The number of nitrogens with one attached hydrogen (secondary N) is 2. The summed E-state index contributed by atoms with van der Waals surface area (Å²) in [7, 11) is -3.75. The van der Waals surface area contributed by atoms with Crippen molar-refractivity contribution in [2.45, 2.75) is 50.5 Å². The molecule has 0 fully saturated rings. The molecule has 0 aliphatic rings. The van der Waals surface area contributed by atoms with Gasteiger partial charge in [0.1, 0.15) is 0 Å². The number of aryl methyl sites for hydroxylation is 2. The molecule has 0 aromatic heterocycles. The second kappa shape index (κ2) is 9.11. The topological polar surface area (TPSA) is 75.3 Å². The molecule has 1 atom stereocenters. The molecular weight excluding hydrogens is 392 g/mol. The molecule has 7 heteroatoms. The van der Waals surface area contributed by atoms with Crippen LogP contribution in [0.2, 0.25) is 0 Å². The van der Waals surface area contributed by atoms with E-state index in [1.165, 1.54) is 17.8 Å². The summed E-state index contributed by atoms with van der Waals surface area (Å²) >= 11 is 1.45. The minimum atomic E-state index is -3.75. The Bertz CT molecular complexity index is 970. The van der Waals surface area contributed by atoms with Crippen molar-refractivity contribution in [1.29, 1.82) is 0 Å². The maximum Gasteiger partial charge on any atom is 0.241 e. The molecule has 0 spiro atoms. The van der Waals surface area contributed by atoms with Gasteiger partial charge in [-0.1, -0.05) is 37.6 Å². The molecule has 0 radical (unpaired) electrons. The predicted octanol–water partition coefficient (Wildman–Crippen LogP) is 4.66. The minimum absolute atomic E-state index is 0.126. The van der Waals surface area contributed by atoms with Gasteiger partial charge >= 0.3 is 0 Å². The predicted molar refractivity (Wildman–Crippen MR) is 116 cm³/mol. The number of amides is 1. The van der Waals surface area contributed by atoms with Crippen molar-refractivity contribution in [3.63, 3.8) is 0 Å². The van der Waals surface area contributed by atoms with Crippen LogP contribution >= 0.6 is 11.8 Å². The van der Waals surface area contributed by atoms with E-state index in [0.29, 0.717) is 5.69 Å². The third kappa shape index (κ3) is 5.37. The molecule has 5 nitrogen and oxygen atoms in total. The third-order valence-electron chi connectivity index (χ3n) is 4.50. The molecule has 28 heavy (non-hydrogen) atoms. The van der Waals surface area contributed by atoms with E-state index in [-0.39, 0.29) is 22.8 Å². The number of sulfonamides is 1. The summed E-state index contributed by atoms with van der Waals surface area (Å²) in [6.45, 7) is 9.36. The number of carbonyl (C=O) groups excluding carboxylic acids is 1. The van der Waals surface area contributed by atoms with Gasteiger partial charge in [0.05, 0.1) is 10.6 Å². The van der Waals surface area contributed by atoms with Crippen LogP contribution in [0.15, 0.2) is 46.2 Å². The van der Waals surface area contributed by atoms with Crippen LogP contribution < -0.4 is 10.0 Å². The summed E-state index contributed by atoms with van der Waals surface area (Å²) in [5.74, 6) is -0.348. The maximum absolute atomic E-state index is 13.0. The fourth-order valence-electron chi connectivity index (χ4n) is 2.82. The number of thioether (sulfide) groups is 1. The Morgan fingerprint density at radius 3 is 2.32 bits per heavy atom. The van der Waals surface area contributed by atoms with Gasteiger partial charge < -0.3 is 5.32 Å². The first-order chi connectivity index (χ1) is 13.0. The first-order valence-electron chi connectivity index (χ1n) is 9.13. The number of benzene rings is 2. The van der Waals surface area contributed by atoms with E-state index in [1.807, 2.05) is 45.2 Å². The smallest absolute Gasteiger partial charge is 0.241 e. The van der Waals surface area contributed by atoms with E-state index in [2.05, 4.69) is 10.0 Å². The molecule has 2 aromatic rings. The molecule has 0 unspecified atom stereocenters. The van der Waals surface area contributed by atoms with Crippen LogP contribution in [0.3, 0.4) is 0 Å². The average Bonchev–Trinajstić information content (AvgIpc) is 2.63. The number of carbonyl (C=O) groups is 1. The lowest BCUT2D eigenvalue weighted by Gasteiger charge is -2.18. The number of hydrogen-bond donors (Lipinski definition) is 2. The monoisotopic (exact) mass is 420 g/mol. The van der Waals surface area contributed by atoms with Gasteiger partial charge in [-0.05, 0) is 56.4 Å². The molecule has 2 rings (SSSR count). The first kappa shape index (κ1) is 22.5. The molecule has 0 saturated heterocycles. The first-order valence-corrected chi connectivity index (χ1v) is 11.8. The number of anilines is 1. The Labute approximate surface area is 172 Å². The van der Waals surface area contributed by atoms with Crippen molar-refractivity contribution in [2.75, 3.05) is 11.6 Å². The number of hydrogen-bond acceptors (Lipinski definition) is 4. The fourth-order valence-corrected chi connectivity index (χ4v) is 4.60. The molecule has 0 aliphatic heterocycles. The summed E-state index contributed by atoms with van der Waals surface area (Å²) in [4.78, 5) is 13.0. The summed E-state index contributed by atoms with van der Waals surface area (Å²) in [6, 6.07) is 10.4. The van der Waals surface area contributed by atoms with Gasteiger partial charge in [0.25, 0.3) is 0 Å². The van der Waals surface area contributed by atoms with E-state index >= 15 is 0 Å². The van der Waals surface area contributed by atoms with Gasteiger partial charge in [-0.25, -0.2) is 13.1 Å². The van der Waals surface area contributed by atoms with E-state index < -0.39 is 10.0 Å². The van der Waals surface area contributed by atoms with Crippen LogP contribution in [0.25, 0.3) is 0 Å². The van der Waals surface area contributed by atoms with Crippen LogP contribution in [-0.2, 0) is 14.8 Å². The van der Waals surface area contributed by atoms with E-state index in [9.17, 15) is 13.2 Å². The Morgan fingerprint density at radius 2 is 1.71 bits per heavy atom. The van der Waals surface area contributed by atoms with Gasteiger partial charge in [-0.2, -0.15) is 0 Å². The van der Waals surface area contributed by atoms with Gasteiger partial charge in [-0.3, -0.25) is 4.79 Å². The highest BCUT2D eigenvalue weighted by Gasteiger charge is 2.21. The molecule has 0 bridgehead atoms. The molecule has 1 amide bonds. The van der Waals surface area contributed by atoms with Crippen molar-refractivity contribution in [2.24, 2.45) is 5.92 Å². The van der Waals surface area contributed by atoms with Crippen molar-refractivity contribution < 1.29 is 13.2 Å². The Hall–Kier alpha value is -1.83. The van der Waals surface area contributed by atoms with Crippen molar-refractivity contribution in [3.8, 4) is 0 Å². The molecule has 0 saturated carbocycles. The molecule has 0 aliphatic carbocycles. The molecular formula is C21H28N2O3S2. The summed E-state index contributed by atoms with van der Waals surface area (Å²) in [6.07, 6.45) is 1.88. The van der Waals surface area contributed by atoms with Crippen LogP contribution in [0, 0.1) is 19.8 Å². The van der Waals surface area contributed by atoms with Crippen LogP contribution in [0.5, 0.6) is 0 Å². The summed E-state index contributed by atoms with van der Waals surface area (Å²) < 4.78 is 28.7. The molecule has 2 N–H and O–H groups in total. The molecule has 0 heterocycles. The lowest BCUT2D eigenvalue weighted by molar-refractivity contribution is -0.118. The van der Waals surface area contributed by atoms with Crippen molar-refractivity contribution in [1.82, 2.24) is 4.72 Å². The highest BCUT2D eigenvalue weighted by molar-refractivity contribution is 7.98. The highest BCUT2D eigenvalue weighted by Crippen LogP contribution is 2.29. The van der Waals surface area contributed by atoms with Gasteiger partial charge in [0.15, 0.2) is 0 Å². The second-order valence-corrected chi connectivity index (χ2v) is 9.77. The minimum Gasteiger partial charge on any atom is -0.325 e. The Balaban J connectivity index is 2.34. The summed E-state index contributed by atoms with van der Waals surface area (Å²) in [5.41, 5.74) is 3.56. The number of rotatable bonds is 7. The Kier molecular flexibility index (Phi) is 7.31. The maximum atomic E-state index is 13.0. The normalized spacial score (nSPS) is 12.8. The van der Waals surface area contributed by atoms with Gasteiger partial charge in [-0.15, -0.1) is 11.8 Å². The molecule has 152 valence electrons. The fraction of sp³-hybridized carbons (Fsp3) is 0.381. The van der Waals surface area contributed by atoms with Gasteiger partial charge in [0.2, 0.25) is 15.9 Å². The lowest BCUT2D eigenvalue weighted by Crippen LogP contribution is -2.27. The average molecular weight is 421 g/mol. The molecule has 2 aromatic carbocycles. The zero-order valence-electron chi connectivity index (χ0n) is 17.2. The van der Waals surface area contributed by atoms with Crippen molar-refractivity contribution in [3.05, 3.63) is 53.1 Å². The third-order valence-corrected chi connectivity index (χ3v) is 6.83. The van der Waals surface area contributed by atoms with E-state index in [4.69, 9.17) is 0 Å².